The minimum atomic E-state index is -2.82. The molecule has 0 amide bonds. The molecule has 0 aliphatic carbocycles. The Bertz CT molecular complexity index is 330. The summed E-state index contributed by atoms with van der Waals surface area (Å²) in [4.78, 5) is 5.55. The van der Waals surface area contributed by atoms with Crippen LogP contribution in [0.2, 0.25) is 0 Å². The lowest BCUT2D eigenvalue weighted by atomic mass is 10.0. The van der Waals surface area contributed by atoms with Gasteiger partial charge < -0.3 is 0 Å². The van der Waals surface area contributed by atoms with Crippen LogP contribution < -0.4 is 0 Å². The molecule has 0 aromatic heterocycles. The first-order valence-electron chi connectivity index (χ1n) is 4.92. The van der Waals surface area contributed by atoms with E-state index < -0.39 is 9.84 Å². The highest BCUT2D eigenvalue weighted by Crippen LogP contribution is 2.35. The van der Waals surface area contributed by atoms with Crippen LogP contribution in [0.15, 0.2) is 0 Å². The molecule has 2 atom stereocenters. The van der Waals surface area contributed by atoms with Crippen LogP contribution in [0.5, 0.6) is 0 Å². The van der Waals surface area contributed by atoms with E-state index in [4.69, 9.17) is 4.84 Å². The van der Waals surface area contributed by atoms with E-state index in [-0.39, 0.29) is 23.3 Å². The van der Waals surface area contributed by atoms with Crippen molar-refractivity contribution in [2.45, 2.75) is 32.4 Å². The maximum atomic E-state index is 11.4. The number of hydrogen-bond donors (Lipinski definition) is 0. The molecule has 5 heteroatoms. The SMILES string of the molecule is CC(C)(C)N1OC[C@H]2CS(=O)(=O)C[C@H]21. The lowest BCUT2D eigenvalue weighted by molar-refractivity contribution is -0.184. The van der Waals surface area contributed by atoms with Gasteiger partial charge in [0.25, 0.3) is 0 Å². The first-order chi connectivity index (χ1) is 6.30. The fourth-order valence-corrected chi connectivity index (χ4v) is 4.32. The largest absolute Gasteiger partial charge is 0.298 e. The Morgan fingerprint density at radius 3 is 2.50 bits per heavy atom. The smallest absolute Gasteiger partial charge is 0.152 e. The summed E-state index contributed by atoms with van der Waals surface area (Å²) in [5.41, 5.74) is -0.112. The van der Waals surface area contributed by atoms with E-state index in [1.165, 1.54) is 0 Å². The summed E-state index contributed by atoms with van der Waals surface area (Å²) >= 11 is 0. The standard InChI is InChI=1S/C9H17NO3S/c1-9(2,3)10-8-6-14(11,12)5-7(8)4-13-10/h7-8H,4-6H2,1-3H3/t7-,8+/m0/s1. The molecular formula is C9H17NO3S. The van der Waals surface area contributed by atoms with E-state index in [1.807, 2.05) is 25.8 Å². The van der Waals surface area contributed by atoms with Gasteiger partial charge in [-0.2, -0.15) is 5.06 Å². The lowest BCUT2D eigenvalue weighted by Crippen LogP contribution is -2.45. The second kappa shape index (κ2) is 2.93. The first kappa shape index (κ1) is 10.4. The molecular weight excluding hydrogens is 202 g/mol. The Hall–Kier alpha value is -0.130. The zero-order valence-corrected chi connectivity index (χ0v) is 9.67. The Morgan fingerprint density at radius 2 is 1.93 bits per heavy atom. The third-order valence-electron chi connectivity index (χ3n) is 2.83. The highest BCUT2D eigenvalue weighted by Gasteiger charge is 2.49. The molecule has 0 radical (unpaired) electrons. The highest BCUT2D eigenvalue weighted by molar-refractivity contribution is 7.91. The lowest BCUT2D eigenvalue weighted by Gasteiger charge is -2.33. The Kier molecular flexibility index (Phi) is 2.18. The average molecular weight is 219 g/mol. The van der Waals surface area contributed by atoms with Crippen molar-refractivity contribution in [3.05, 3.63) is 0 Å². The molecule has 82 valence electrons. The van der Waals surface area contributed by atoms with Crippen molar-refractivity contribution in [1.82, 2.24) is 5.06 Å². The van der Waals surface area contributed by atoms with Crippen molar-refractivity contribution < 1.29 is 13.3 Å². The van der Waals surface area contributed by atoms with Crippen molar-refractivity contribution in [3.63, 3.8) is 0 Å². The maximum absolute atomic E-state index is 11.4. The monoisotopic (exact) mass is 219 g/mol. The first-order valence-corrected chi connectivity index (χ1v) is 6.74. The molecule has 0 aromatic rings. The van der Waals surface area contributed by atoms with Crippen LogP contribution in [-0.2, 0) is 14.7 Å². The summed E-state index contributed by atoms with van der Waals surface area (Å²) in [5.74, 6) is 0.735. The number of hydroxylamine groups is 2. The van der Waals surface area contributed by atoms with Gasteiger partial charge in [0.15, 0.2) is 9.84 Å². The fourth-order valence-electron chi connectivity index (χ4n) is 2.28. The zero-order chi connectivity index (χ0) is 10.6. The molecule has 0 unspecified atom stereocenters. The van der Waals surface area contributed by atoms with Crippen LogP contribution in [0.25, 0.3) is 0 Å². The van der Waals surface area contributed by atoms with Crippen LogP contribution in [0, 0.1) is 5.92 Å². The van der Waals surface area contributed by atoms with Crippen molar-refractivity contribution in [2.75, 3.05) is 18.1 Å². The Labute approximate surface area is 85.1 Å². The highest BCUT2D eigenvalue weighted by atomic mass is 32.2. The van der Waals surface area contributed by atoms with Gasteiger partial charge in [0.2, 0.25) is 0 Å². The molecule has 2 aliphatic heterocycles. The number of sulfone groups is 1. The van der Waals surface area contributed by atoms with Crippen molar-refractivity contribution in [2.24, 2.45) is 5.92 Å². The van der Waals surface area contributed by atoms with Crippen molar-refractivity contribution in [3.8, 4) is 0 Å². The summed E-state index contributed by atoms with van der Waals surface area (Å²) < 4.78 is 22.9. The second-order valence-electron chi connectivity index (χ2n) is 5.20. The van der Waals surface area contributed by atoms with Gasteiger partial charge in [0, 0.05) is 11.5 Å². The van der Waals surface area contributed by atoms with E-state index in [9.17, 15) is 8.42 Å². The third-order valence-corrected chi connectivity index (χ3v) is 4.61. The van der Waals surface area contributed by atoms with Crippen LogP contribution in [0.4, 0.5) is 0 Å². The van der Waals surface area contributed by atoms with Gasteiger partial charge >= 0.3 is 0 Å². The van der Waals surface area contributed by atoms with Gasteiger partial charge in [-0.1, -0.05) is 0 Å². The molecule has 4 nitrogen and oxygen atoms in total. The van der Waals surface area contributed by atoms with Gasteiger partial charge in [-0.15, -0.1) is 0 Å². The van der Waals surface area contributed by atoms with Crippen molar-refractivity contribution >= 4 is 9.84 Å². The van der Waals surface area contributed by atoms with E-state index in [0.29, 0.717) is 12.4 Å². The zero-order valence-electron chi connectivity index (χ0n) is 8.86. The van der Waals surface area contributed by atoms with E-state index >= 15 is 0 Å². The van der Waals surface area contributed by atoms with E-state index in [2.05, 4.69) is 0 Å². The van der Waals surface area contributed by atoms with Crippen molar-refractivity contribution in [1.29, 1.82) is 0 Å². The normalized spacial score (nSPS) is 37.4. The third kappa shape index (κ3) is 1.68. The minimum absolute atomic E-state index is 0.0694. The molecule has 14 heavy (non-hydrogen) atoms. The predicted octanol–water partition coefficient (Wildman–Crippen LogP) is 0.445. The van der Waals surface area contributed by atoms with Gasteiger partial charge in [-0.05, 0) is 20.8 Å². The molecule has 0 aromatic carbocycles. The molecule has 2 heterocycles. The minimum Gasteiger partial charge on any atom is -0.298 e. The van der Waals surface area contributed by atoms with E-state index in [0.717, 1.165) is 0 Å². The number of hydrogen-bond acceptors (Lipinski definition) is 4. The average Bonchev–Trinajstić information content (AvgIpc) is 2.38. The fraction of sp³-hybridized carbons (Fsp3) is 1.00. The molecule has 0 saturated carbocycles. The Balaban J connectivity index is 2.21. The molecule has 0 N–H and O–H groups in total. The topological polar surface area (TPSA) is 46.6 Å². The number of fused-ring (bicyclic) bond motifs is 1. The summed E-state index contributed by atoms with van der Waals surface area (Å²) in [6.07, 6.45) is 0. The van der Waals surface area contributed by atoms with Gasteiger partial charge in [0.05, 0.1) is 24.2 Å². The molecule has 0 bridgehead atoms. The molecule has 2 saturated heterocycles. The van der Waals surface area contributed by atoms with Crippen LogP contribution >= 0.6 is 0 Å². The van der Waals surface area contributed by atoms with Gasteiger partial charge in [-0.25, -0.2) is 8.42 Å². The van der Waals surface area contributed by atoms with Crippen LogP contribution in [0.3, 0.4) is 0 Å². The van der Waals surface area contributed by atoms with E-state index in [1.54, 1.807) is 0 Å². The summed E-state index contributed by atoms with van der Waals surface area (Å²) in [7, 11) is -2.82. The predicted molar refractivity (Wildman–Crippen MR) is 53.5 cm³/mol. The van der Waals surface area contributed by atoms with Gasteiger partial charge in [-0.3, -0.25) is 4.84 Å². The molecule has 0 spiro atoms. The van der Waals surface area contributed by atoms with Gasteiger partial charge in [0.1, 0.15) is 0 Å². The second-order valence-corrected chi connectivity index (χ2v) is 7.35. The van der Waals surface area contributed by atoms with Crippen LogP contribution in [-0.4, -0.2) is 43.2 Å². The van der Waals surface area contributed by atoms with Crippen LogP contribution in [0.1, 0.15) is 20.8 Å². The molecule has 2 aliphatic rings. The number of nitrogens with zero attached hydrogens (tertiary/aromatic N) is 1. The molecule has 2 fully saturated rings. The summed E-state index contributed by atoms with van der Waals surface area (Å²) in [6, 6.07) is 0.0694. The number of rotatable bonds is 0. The summed E-state index contributed by atoms with van der Waals surface area (Å²) in [6.45, 7) is 6.68. The molecule has 2 rings (SSSR count). The summed E-state index contributed by atoms with van der Waals surface area (Å²) in [5, 5.41) is 1.86. The quantitative estimate of drug-likeness (QED) is 0.593. The maximum Gasteiger partial charge on any atom is 0.152 e. The Morgan fingerprint density at radius 1 is 1.29 bits per heavy atom.